The number of benzene rings is 1. The fraction of sp³-hybridized carbons (Fsp3) is 0.529. The van der Waals surface area contributed by atoms with E-state index in [1.165, 1.54) is 6.92 Å². The number of amides is 1. The van der Waals surface area contributed by atoms with Gasteiger partial charge in [-0.3, -0.25) is 9.59 Å². The highest BCUT2D eigenvalue weighted by atomic mass is 16.1. The Kier molecular flexibility index (Phi) is 5.49. The maximum Gasteiger partial charge on any atom is 0.224 e. The lowest BCUT2D eigenvalue weighted by atomic mass is 9.84. The first kappa shape index (κ1) is 16.4. The van der Waals surface area contributed by atoms with Gasteiger partial charge in [0.25, 0.3) is 0 Å². The van der Waals surface area contributed by atoms with Crippen LogP contribution in [0.25, 0.3) is 0 Å². The van der Waals surface area contributed by atoms with Crippen molar-refractivity contribution >= 4 is 17.4 Å². The normalized spacial score (nSPS) is 12.8. The van der Waals surface area contributed by atoms with E-state index in [0.717, 1.165) is 6.42 Å². The van der Waals surface area contributed by atoms with Crippen LogP contribution >= 0.6 is 0 Å². The van der Waals surface area contributed by atoms with Crippen molar-refractivity contribution in [3.8, 4) is 0 Å². The molecule has 110 valence electrons. The Labute approximate surface area is 121 Å². The SMILES string of the molecule is CC(=O)c1ccccc1NC(=O)CC(C)CC(C)(C)C. The molecule has 0 aliphatic heterocycles. The van der Waals surface area contributed by atoms with Gasteiger partial charge < -0.3 is 5.32 Å². The molecule has 0 aromatic heterocycles. The molecule has 0 saturated heterocycles. The van der Waals surface area contributed by atoms with Gasteiger partial charge in [0, 0.05) is 12.0 Å². The second-order valence-electron chi connectivity index (χ2n) is 6.72. The lowest BCUT2D eigenvalue weighted by Gasteiger charge is -2.22. The zero-order valence-corrected chi connectivity index (χ0v) is 13.1. The van der Waals surface area contributed by atoms with Gasteiger partial charge >= 0.3 is 0 Å². The number of carbonyl (C=O) groups excluding carboxylic acids is 2. The minimum absolute atomic E-state index is 0.0320. The maximum absolute atomic E-state index is 12.1. The molecule has 1 atom stereocenters. The van der Waals surface area contributed by atoms with E-state index in [1.807, 2.05) is 6.07 Å². The minimum Gasteiger partial charge on any atom is -0.325 e. The number of Topliss-reactive ketones (excluding diaryl/α,β-unsaturated/α-hetero) is 1. The molecule has 0 bridgehead atoms. The molecule has 1 rings (SSSR count). The summed E-state index contributed by atoms with van der Waals surface area (Å²) in [5, 5.41) is 2.85. The quantitative estimate of drug-likeness (QED) is 0.815. The molecule has 0 aliphatic carbocycles. The topological polar surface area (TPSA) is 46.2 Å². The van der Waals surface area contributed by atoms with E-state index < -0.39 is 0 Å². The molecule has 0 fully saturated rings. The van der Waals surface area contributed by atoms with Crippen LogP contribution in [0.15, 0.2) is 24.3 Å². The summed E-state index contributed by atoms with van der Waals surface area (Å²) in [6.45, 7) is 10.1. The van der Waals surface area contributed by atoms with Gasteiger partial charge in [-0.05, 0) is 36.8 Å². The molecule has 1 unspecified atom stereocenters. The highest BCUT2D eigenvalue weighted by molar-refractivity contribution is 6.03. The van der Waals surface area contributed by atoms with Gasteiger partial charge in [-0.15, -0.1) is 0 Å². The van der Waals surface area contributed by atoms with Crippen molar-refractivity contribution in [2.75, 3.05) is 5.32 Å². The van der Waals surface area contributed by atoms with Crippen molar-refractivity contribution in [2.24, 2.45) is 11.3 Å². The first-order valence-corrected chi connectivity index (χ1v) is 7.09. The van der Waals surface area contributed by atoms with Gasteiger partial charge in [0.2, 0.25) is 5.91 Å². The summed E-state index contributed by atoms with van der Waals surface area (Å²) in [5.74, 6) is 0.249. The highest BCUT2D eigenvalue weighted by Crippen LogP contribution is 2.26. The van der Waals surface area contributed by atoms with Crippen molar-refractivity contribution in [2.45, 2.75) is 47.5 Å². The average Bonchev–Trinajstić information content (AvgIpc) is 2.26. The summed E-state index contributed by atoms with van der Waals surface area (Å²) in [6.07, 6.45) is 1.47. The third-order valence-corrected chi connectivity index (χ3v) is 3.08. The minimum atomic E-state index is -0.0383. The van der Waals surface area contributed by atoms with Gasteiger partial charge in [-0.2, -0.15) is 0 Å². The second kappa shape index (κ2) is 6.69. The van der Waals surface area contributed by atoms with Crippen LogP contribution in [-0.4, -0.2) is 11.7 Å². The molecule has 3 heteroatoms. The van der Waals surface area contributed by atoms with Crippen LogP contribution in [0.2, 0.25) is 0 Å². The molecule has 0 spiro atoms. The van der Waals surface area contributed by atoms with Crippen molar-refractivity contribution in [3.63, 3.8) is 0 Å². The van der Waals surface area contributed by atoms with Gasteiger partial charge in [0.15, 0.2) is 5.78 Å². The number of ketones is 1. The number of hydrogen-bond acceptors (Lipinski definition) is 2. The number of carbonyl (C=O) groups is 2. The van der Waals surface area contributed by atoms with Crippen molar-refractivity contribution in [3.05, 3.63) is 29.8 Å². The van der Waals surface area contributed by atoms with Crippen LogP contribution in [0, 0.1) is 11.3 Å². The molecule has 0 heterocycles. The van der Waals surface area contributed by atoms with Gasteiger partial charge in [-0.25, -0.2) is 0 Å². The molecule has 3 nitrogen and oxygen atoms in total. The van der Waals surface area contributed by atoms with E-state index in [9.17, 15) is 9.59 Å². The Morgan fingerprint density at radius 2 is 1.80 bits per heavy atom. The molecule has 0 saturated carbocycles. The second-order valence-corrected chi connectivity index (χ2v) is 6.72. The zero-order valence-electron chi connectivity index (χ0n) is 13.1. The van der Waals surface area contributed by atoms with Crippen LogP contribution in [0.5, 0.6) is 0 Å². The smallest absolute Gasteiger partial charge is 0.224 e. The fourth-order valence-electron chi connectivity index (χ4n) is 2.53. The summed E-state index contributed by atoms with van der Waals surface area (Å²) in [7, 11) is 0. The fourth-order valence-corrected chi connectivity index (χ4v) is 2.53. The third-order valence-electron chi connectivity index (χ3n) is 3.08. The molecule has 0 aliphatic rings. The predicted octanol–water partition coefficient (Wildman–Crippen LogP) is 4.29. The van der Waals surface area contributed by atoms with Crippen molar-refractivity contribution in [1.29, 1.82) is 0 Å². The number of rotatable bonds is 5. The molecule has 20 heavy (non-hydrogen) atoms. The van der Waals surface area contributed by atoms with E-state index in [2.05, 4.69) is 33.0 Å². The standard InChI is InChI=1S/C17H25NO2/c1-12(11-17(3,4)5)10-16(20)18-15-9-7-6-8-14(15)13(2)19/h6-9,12H,10-11H2,1-5H3,(H,18,20). The lowest BCUT2D eigenvalue weighted by Crippen LogP contribution is -2.19. The average molecular weight is 275 g/mol. The van der Waals surface area contributed by atoms with Gasteiger partial charge in [0.1, 0.15) is 0 Å². The Balaban J connectivity index is 2.66. The van der Waals surface area contributed by atoms with E-state index in [0.29, 0.717) is 23.6 Å². The molecule has 1 aromatic carbocycles. The van der Waals surface area contributed by atoms with E-state index >= 15 is 0 Å². The number of hydrogen-bond donors (Lipinski definition) is 1. The predicted molar refractivity (Wildman–Crippen MR) is 82.9 cm³/mol. The summed E-state index contributed by atoms with van der Waals surface area (Å²) < 4.78 is 0. The number of anilines is 1. The molecule has 0 radical (unpaired) electrons. The van der Waals surface area contributed by atoms with Crippen LogP contribution in [0.3, 0.4) is 0 Å². The van der Waals surface area contributed by atoms with Gasteiger partial charge in [0.05, 0.1) is 5.69 Å². The van der Waals surface area contributed by atoms with Crippen LogP contribution in [0.4, 0.5) is 5.69 Å². The summed E-state index contributed by atoms with van der Waals surface area (Å²) in [5.41, 5.74) is 1.38. The lowest BCUT2D eigenvalue weighted by molar-refractivity contribution is -0.117. The molecular weight excluding hydrogens is 250 g/mol. The Bertz CT molecular complexity index is 486. The van der Waals surface area contributed by atoms with Gasteiger partial charge in [-0.1, -0.05) is 39.8 Å². The van der Waals surface area contributed by atoms with Crippen LogP contribution in [0.1, 0.15) is 57.8 Å². The molecular formula is C17H25NO2. The maximum atomic E-state index is 12.1. The Morgan fingerprint density at radius 1 is 1.20 bits per heavy atom. The third kappa shape index (κ3) is 5.55. The molecule has 1 aromatic rings. The van der Waals surface area contributed by atoms with Crippen molar-refractivity contribution < 1.29 is 9.59 Å². The highest BCUT2D eigenvalue weighted by Gasteiger charge is 2.18. The van der Waals surface area contributed by atoms with Crippen molar-refractivity contribution in [1.82, 2.24) is 0 Å². The van der Waals surface area contributed by atoms with E-state index in [-0.39, 0.29) is 17.1 Å². The molecule has 1 N–H and O–H groups in total. The zero-order chi connectivity index (χ0) is 15.3. The van der Waals surface area contributed by atoms with E-state index in [4.69, 9.17) is 0 Å². The largest absolute Gasteiger partial charge is 0.325 e. The van der Waals surface area contributed by atoms with Crippen LogP contribution in [-0.2, 0) is 4.79 Å². The molecule has 1 amide bonds. The van der Waals surface area contributed by atoms with E-state index in [1.54, 1.807) is 18.2 Å². The first-order valence-electron chi connectivity index (χ1n) is 7.09. The number of nitrogens with one attached hydrogen (secondary N) is 1. The first-order chi connectivity index (χ1) is 9.19. The van der Waals surface area contributed by atoms with Crippen LogP contribution < -0.4 is 5.32 Å². The summed E-state index contributed by atoms with van der Waals surface area (Å²) >= 11 is 0. The Hall–Kier alpha value is -1.64. The summed E-state index contributed by atoms with van der Waals surface area (Å²) in [6, 6.07) is 7.12. The Morgan fingerprint density at radius 3 is 2.35 bits per heavy atom. The number of para-hydroxylation sites is 1. The monoisotopic (exact) mass is 275 g/mol. The summed E-state index contributed by atoms with van der Waals surface area (Å²) in [4.78, 5) is 23.6.